The van der Waals surface area contributed by atoms with Crippen molar-refractivity contribution in [3.63, 3.8) is 0 Å². The molecule has 1 spiro atoms. The number of carbonyl (C=O) groups excluding carboxylic acids is 1. The lowest BCUT2D eigenvalue weighted by Gasteiger charge is -2.48. The van der Waals surface area contributed by atoms with Crippen molar-refractivity contribution in [1.29, 1.82) is 0 Å². The lowest BCUT2D eigenvalue weighted by Crippen LogP contribution is -2.54. The van der Waals surface area contributed by atoms with E-state index in [0.717, 1.165) is 51.2 Å². The van der Waals surface area contributed by atoms with Crippen molar-refractivity contribution in [2.75, 3.05) is 45.9 Å². The zero-order valence-electron chi connectivity index (χ0n) is 14.6. The fraction of sp³-hybridized carbons (Fsp3) is 0.632. The summed E-state index contributed by atoms with van der Waals surface area (Å²) in [6, 6.07) is 7.45. The minimum Gasteiger partial charge on any atom is -0.492 e. The Morgan fingerprint density at radius 3 is 2.72 bits per heavy atom. The molecule has 1 N–H and O–H groups in total. The molecule has 2 aliphatic rings. The van der Waals surface area contributed by atoms with Gasteiger partial charge < -0.3 is 14.7 Å². The van der Waals surface area contributed by atoms with Gasteiger partial charge in [0.05, 0.1) is 6.61 Å². The molecule has 6 heteroatoms. The first kappa shape index (κ1) is 18.5. The fourth-order valence-corrected chi connectivity index (χ4v) is 4.21. The Hall–Kier alpha value is -1.30. The molecule has 0 aromatic heterocycles. The standard InChI is InChI=1S/C19H27ClN2O3/c20-16-2-4-17(5-3-16)25-13-11-21-9-1-7-19(14-21)8-6-18(24)22(15-19)10-12-23/h2-5,23H,1,6-15H2/t19-/m0/s1. The van der Waals surface area contributed by atoms with E-state index in [2.05, 4.69) is 4.90 Å². The van der Waals surface area contributed by atoms with E-state index in [0.29, 0.717) is 24.6 Å². The molecule has 138 valence electrons. The highest BCUT2D eigenvalue weighted by Crippen LogP contribution is 2.38. The van der Waals surface area contributed by atoms with Crippen molar-refractivity contribution in [3.8, 4) is 5.75 Å². The molecule has 1 atom stereocenters. The minimum atomic E-state index is 0.0421. The Morgan fingerprint density at radius 2 is 1.96 bits per heavy atom. The molecule has 1 aromatic rings. The number of halogens is 1. The highest BCUT2D eigenvalue weighted by atomic mass is 35.5. The Kier molecular flexibility index (Phi) is 6.20. The first-order valence-corrected chi connectivity index (χ1v) is 9.47. The van der Waals surface area contributed by atoms with Crippen molar-refractivity contribution in [2.45, 2.75) is 25.7 Å². The van der Waals surface area contributed by atoms with Crippen molar-refractivity contribution in [3.05, 3.63) is 29.3 Å². The molecule has 0 bridgehead atoms. The van der Waals surface area contributed by atoms with Gasteiger partial charge in [-0.05, 0) is 50.1 Å². The number of hydrogen-bond donors (Lipinski definition) is 1. The maximum absolute atomic E-state index is 12.0. The molecule has 2 heterocycles. The second kappa shape index (κ2) is 8.39. The molecule has 2 fully saturated rings. The van der Waals surface area contributed by atoms with Gasteiger partial charge in [0, 0.05) is 43.0 Å². The Balaban J connectivity index is 1.50. The second-order valence-electron chi connectivity index (χ2n) is 7.22. The molecule has 5 nitrogen and oxygen atoms in total. The number of β-amino-alcohol motifs (C(OH)–C–C–N with tert-alkyl or cyclic N) is 1. The molecule has 0 saturated carbocycles. The molecule has 3 rings (SSSR count). The fourth-order valence-electron chi connectivity index (χ4n) is 4.08. The number of nitrogens with zero attached hydrogens (tertiary/aromatic N) is 2. The van der Waals surface area contributed by atoms with Gasteiger partial charge in [-0.15, -0.1) is 0 Å². The average molecular weight is 367 g/mol. The van der Waals surface area contributed by atoms with Crippen LogP contribution < -0.4 is 4.74 Å². The van der Waals surface area contributed by atoms with E-state index in [1.165, 1.54) is 0 Å². The molecule has 1 amide bonds. The first-order valence-electron chi connectivity index (χ1n) is 9.10. The lowest BCUT2D eigenvalue weighted by molar-refractivity contribution is -0.140. The summed E-state index contributed by atoms with van der Waals surface area (Å²) in [5.41, 5.74) is 0.182. The Labute approximate surface area is 154 Å². The van der Waals surface area contributed by atoms with Gasteiger partial charge in [0.15, 0.2) is 0 Å². The molecule has 1 aromatic carbocycles. The molecular formula is C19H27ClN2O3. The number of likely N-dealkylation sites (tertiary alicyclic amines) is 2. The number of carbonyl (C=O) groups is 1. The van der Waals surface area contributed by atoms with Crippen LogP contribution in [0, 0.1) is 5.41 Å². The van der Waals surface area contributed by atoms with Crippen LogP contribution in [0.2, 0.25) is 5.02 Å². The third-order valence-corrected chi connectivity index (χ3v) is 5.60. The molecule has 2 aliphatic heterocycles. The quantitative estimate of drug-likeness (QED) is 0.840. The monoisotopic (exact) mass is 366 g/mol. The number of piperidine rings is 2. The van der Waals surface area contributed by atoms with Crippen LogP contribution in [0.5, 0.6) is 5.75 Å². The van der Waals surface area contributed by atoms with Crippen molar-refractivity contribution >= 4 is 17.5 Å². The summed E-state index contributed by atoms with van der Waals surface area (Å²) >= 11 is 5.89. The number of amides is 1. The zero-order chi connectivity index (χ0) is 17.7. The van der Waals surface area contributed by atoms with E-state index in [9.17, 15) is 9.90 Å². The van der Waals surface area contributed by atoms with E-state index in [4.69, 9.17) is 16.3 Å². The largest absolute Gasteiger partial charge is 0.492 e. The van der Waals surface area contributed by atoms with Gasteiger partial charge in [-0.25, -0.2) is 0 Å². The van der Waals surface area contributed by atoms with Gasteiger partial charge in [-0.1, -0.05) is 11.6 Å². The van der Waals surface area contributed by atoms with Crippen LogP contribution in [0.3, 0.4) is 0 Å². The number of hydrogen-bond acceptors (Lipinski definition) is 4. The molecule has 2 saturated heterocycles. The van der Waals surface area contributed by atoms with Crippen molar-refractivity contribution in [2.24, 2.45) is 5.41 Å². The zero-order valence-corrected chi connectivity index (χ0v) is 15.4. The SMILES string of the molecule is O=C1CC[C@]2(CCCN(CCOc3ccc(Cl)cc3)C2)CN1CCO. The molecule has 25 heavy (non-hydrogen) atoms. The van der Waals surface area contributed by atoms with Gasteiger partial charge in [0.25, 0.3) is 0 Å². The van der Waals surface area contributed by atoms with Crippen molar-refractivity contribution < 1.29 is 14.6 Å². The predicted octanol–water partition coefficient (Wildman–Crippen LogP) is 2.42. The third-order valence-electron chi connectivity index (χ3n) is 5.35. The maximum atomic E-state index is 12.0. The number of benzene rings is 1. The summed E-state index contributed by atoms with van der Waals surface area (Å²) < 4.78 is 5.82. The maximum Gasteiger partial charge on any atom is 0.222 e. The summed E-state index contributed by atoms with van der Waals surface area (Å²) in [7, 11) is 0. The first-order chi connectivity index (χ1) is 12.1. The summed E-state index contributed by atoms with van der Waals surface area (Å²) in [5.74, 6) is 1.02. The number of aliphatic hydroxyl groups is 1. The summed E-state index contributed by atoms with van der Waals surface area (Å²) in [6.45, 7) is 4.91. The summed E-state index contributed by atoms with van der Waals surface area (Å²) in [4.78, 5) is 16.3. The number of aliphatic hydroxyl groups excluding tert-OH is 1. The number of rotatable bonds is 6. The summed E-state index contributed by atoms with van der Waals surface area (Å²) in [6.07, 6.45) is 3.89. The molecule has 0 radical (unpaired) electrons. The van der Waals surface area contributed by atoms with Crippen molar-refractivity contribution in [1.82, 2.24) is 9.80 Å². The van der Waals surface area contributed by atoms with Crippen LogP contribution in [0.4, 0.5) is 0 Å². The van der Waals surface area contributed by atoms with Gasteiger partial charge >= 0.3 is 0 Å². The topological polar surface area (TPSA) is 53.0 Å². The Bertz CT molecular complexity index is 581. The van der Waals surface area contributed by atoms with Crippen LogP contribution in [0.15, 0.2) is 24.3 Å². The van der Waals surface area contributed by atoms with Gasteiger partial charge in [-0.2, -0.15) is 0 Å². The number of ether oxygens (including phenoxy) is 1. The van der Waals surface area contributed by atoms with Gasteiger partial charge in [-0.3, -0.25) is 9.69 Å². The van der Waals surface area contributed by atoms with Gasteiger partial charge in [0.2, 0.25) is 5.91 Å². The minimum absolute atomic E-state index is 0.0421. The second-order valence-corrected chi connectivity index (χ2v) is 7.66. The van der Waals surface area contributed by atoms with E-state index in [1.807, 2.05) is 29.2 Å². The van der Waals surface area contributed by atoms with Gasteiger partial charge in [0.1, 0.15) is 12.4 Å². The third kappa shape index (κ3) is 4.87. The van der Waals surface area contributed by atoms with E-state index < -0.39 is 0 Å². The van der Waals surface area contributed by atoms with Crippen LogP contribution in [-0.2, 0) is 4.79 Å². The van der Waals surface area contributed by atoms with Crippen LogP contribution >= 0.6 is 11.6 Å². The summed E-state index contributed by atoms with van der Waals surface area (Å²) in [5, 5.41) is 9.90. The Morgan fingerprint density at radius 1 is 1.16 bits per heavy atom. The highest BCUT2D eigenvalue weighted by Gasteiger charge is 2.41. The smallest absolute Gasteiger partial charge is 0.222 e. The van der Waals surface area contributed by atoms with E-state index in [-0.39, 0.29) is 17.9 Å². The molecule has 0 aliphatic carbocycles. The van der Waals surface area contributed by atoms with Crippen LogP contribution in [0.25, 0.3) is 0 Å². The van der Waals surface area contributed by atoms with Crippen LogP contribution in [0.1, 0.15) is 25.7 Å². The lowest BCUT2D eigenvalue weighted by atomic mass is 9.73. The molecule has 0 unspecified atom stereocenters. The average Bonchev–Trinajstić information content (AvgIpc) is 2.61. The highest BCUT2D eigenvalue weighted by molar-refractivity contribution is 6.30. The molecular weight excluding hydrogens is 340 g/mol. The van der Waals surface area contributed by atoms with E-state index >= 15 is 0 Å². The van der Waals surface area contributed by atoms with E-state index in [1.54, 1.807) is 0 Å². The van der Waals surface area contributed by atoms with Crippen LogP contribution in [-0.4, -0.2) is 66.8 Å². The normalized spacial score (nSPS) is 24.7. The predicted molar refractivity (Wildman–Crippen MR) is 98.0 cm³/mol.